The molecule has 2 N–H and O–H groups in total. The van der Waals surface area contributed by atoms with E-state index in [1.807, 2.05) is 30.3 Å². The van der Waals surface area contributed by atoms with Crippen LogP contribution in [0.4, 0.5) is 0 Å². The molecule has 0 bridgehead atoms. The third-order valence-electron chi connectivity index (χ3n) is 2.71. The Balaban J connectivity index is 1.96. The van der Waals surface area contributed by atoms with E-state index in [0.29, 0.717) is 18.2 Å². The van der Waals surface area contributed by atoms with Crippen LogP contribution in [0.1, 0.15) is 5.69 Å². The summed E-state index contributed by atoms with van der Waals surface area (Å²) in [5.41, 5.74) is 7.08. The molecule has 0 unspecified atom stereocenters. The number of hydrogen-bond acceptors (Lipinski definition) is 5. The van der Waals surface area contributed by atoms with Crippen LogP contribution in [0.2, 0.25) is 0 Å². The Labute approximate surface area is 110 Å². The first kappa shape index (κ1) is 11.6. The number of aromatic nitrogens is 3. The predicted octanol–water partition coefficient (Wildman–Crippen LogP) is 2.28. The van der Waals surface area contributed by atoms with Crippen LogP contribution in [0.15, 0.2) is 48.9 Å². The fraction of sp³-hybridized carbons (Fsp3) is 0.0714. The lowest BCUT2D eigenvalue weighted by molar-refractivity contribution is 0.464. The third-order valence-corrected chi connectivity index (χ3v) is 2.71. The fourth-order valence-corrected chi connectivity index (χ4v) is 1.78. The number of benzene rings is 1. The van der Waals surface area contributed by atoms with Crippen molar-refractivity contribution in [3.05, 3.63) is 54.6 Å². The van der Waals surface area contributed by atoms with E-state index in [1.165, 1.54) is 0 Å². The molecule has 0 aliphatic heterocycles. The molecule has 0 spiro atoms. The Morgan fingerprint density at radius 1 is 1.00 bits per heavy atom. The molecule has 2 heterocycles. The molecule has 94 valence electrons. The maximum Gasteiger partial charge on any atom is 0.237 e. The highest BCUT2D eigenvalue weighted by Crippen LogP contribution is 2.27. The second-order valence-corrected chi connectivity index (χ2v) is 3.98. The minimum atomic E-state index is 0.367. The summed E-state index contributed by atoms with van der Waals surface area (Å²) in [6.45, 7) is 0.367. The highest BCUT2D eigenvalue weighted by molar-refractivity contribution is 5.85. The zero-order valence-corrected chi connectivity index (χ0v) is 10.2. The van der Waals surface area contributed by atoms with Gasteiger partial charge in [-0.15, -0.1) is 0 Å². The first-order chi connectivity index (χ1) is 9.36. The van der Waals surface area contributed by atoms with E-state index in [2.05, 4.69) is 15.0 Å². The van der Waals surface area contributed by atoms with E-state index in [4.69, 9.17) is 10.5 Å². The summed E-state index contributed by atoms with van der Waals surface area (Å²) >= 11 is 0. The van der Waals surface area contributed by atoms with Gasteiger partial charge in [0.1, 0.15) is 5.75 Å². The summed E-state index contributed by atoms with van der Waals surface area (Å²) in [7, 11) is 0. The first-order valence-electron chi connectivity index (χ1n) is 5.89. The van der Waals surface area contributed by atoms with Gasteiger partial charge in [-0.3, -0.25) is 9.97 Å². The van der Waals surface area contributed by atoms with Crippen molar-refractivity contribution in [2.75, 3.05) is 0 Å². The van der Waals surface area contributed by atoms with Crippen LogP contribution in [-0.2, 0) is 6.54 Å². The second kappa shape index (κ2) is 4.99. The molecule has 0 saturated heterocycles. The summed E-state index contributed by atoms with van der Waals surface area (Å²) in [4.78, 5) is 12.6. The zero-order chi connectivity index (χ0) is 13.1. The summed E-state index contributed by atoms with van der Waals surface area (Å²) in [5, 5.41) is 0.940. The molecular formula is C14H12N4O. The van der Waals surface area contributed by atoms with Gasteiger partial charge in [0.15, 0.2) is 0 Å². The van der Waals surface area contributed by atoms with Crippen LogP contribution >= 0.6 is 0 Å². The molecule has 0 atom stereocenters. The Hall–Kier alpha value is -2.53. The highest BCUT2D eigenvalue weighted by Gasteiger charge is 2.04. The van der Waals surface area contributed by atoms with Crippen molar-refractivity contribution < 1.29 is 4.74 Å². The molecule has 0 fully saturated rings. The van der Waals surface area contributed by atoms with Gasteiger partial charge in [-0.2, -0.15) is 0 Å². The van der Waals surface area contributed by atoms with Crippen molar-refractivity contribution in [1.29, 1.82) is 0 Å². The number of hydrogen-bond donors (Lipinski definition) is 1. The minimum absolute atomic E-state index is 0.367. The van der Waals surface area contributed by atoms with Crippen LogP contribution in [-0.4, -0.2) is 15.0 Å². The predicted molar refractivity (Wildman–Crippen MR) is 71.7 cm³/mol. The number of nitrogens with two attached hydrogens (primary N) is 1. The Bertz CT molecular complexity index is 692. The Kier molecular flexibility index (Phi) is 3.04. The molecule has 5 heteroatoms. The monoisotopic (exact) mass is 252 g/mol. The third kappa shape index (κ3) is 2.36. The van der Waals surface area contributed by atoms with Gasteiger partial charge in [0.25, 0.3) is 0 Å². The molecule has 5 nitrogen and oxygen atoms in total. The lowest BCUT2D eigenvalue weighted by atomic mass is 10.2. The number of rotatable bonds is 3. The molecule has 0 saturated carbocycles. The van der Waals surface area contributed by atoms with Gasteiger partial charge >= 0.3 is 0 Å². The lowest BCUT2D eigenvalue weighted by Gasteiger charge is -2.07. The molecule has 0 aliphatic rings. The topological polar surface area (TPSA) is 73.9 Å². The maximum atomic E-state index is 5.74. The van der Waals surface area contributed by atoms with Gasteiger partial charge < -0.3 is 10.5 Å². The minimum Gasteiger partial charge on any atom is -0.437 e. The van der Waals surface area contributed by atoms with Gasteiger partial charge in [0.2, 0.25) is 5.88 Å². The number of pyridine rings is 1. The van der Waals surface area contributed by atoms with Crippen molar-refractivity contribution in [2.24, 2.45) is 5.73 Å². The second-order valence-electron chi connectivity index (χ2n) is 3.98. The van der Waals surface area contributed by atoms with E-state index in [9.17, 15) is 0 Å². The van der Waals surface area contributed by atoms with Crippen LogP contribution in [0.5, 0.6) is 11.6 Å². The van der Waals surface area contributed by atoms with Crippen LogP contribution < -0.4 is 10.5 Å². The van der Waals surface area contributed by atoms with E-state index in [1.54, 1.807) is 18.6 Å². The maximum absolute atomic E-state index is 5.74. The largest absolute Gasteiger partial charge is 0.437 e. The Morgan fingerprint density at radius 3 is 2.74 bits per heavy atom. The van der Waals surface area contributed by atoms with E-state index >= 15 is 0 Å². The summed E-state index contributed by atoms with van der Waals surface area (Å²) in [5.74, 6) is 1.15. The van der Waals surface area contributed by atoms with Gasteiger partial charge in [0.05, 0.1) is 23.6 Å². The van der Waals surface area contributed by atoms with Crippen molar-refractivity contribution >= 4 is 10.9 Å². The van der Waals surface area contributed by atoms with Gasteiger partial charge in [-0.1, -0.05) is 6.07 Å². The molecule has 2 aromatic heterocycles. The molecule has 19 heavy (non-hydrogen) atoms. The first-order valence-corrected chi connectivity index (χ1v) is 5.89. The summed E-state index contributed by atoms with van der Waals surface area (Å²) < 4.78 is 5.74. The molecule has 0 radical (unpaired) electrons. The van der Waals surface area contributed by atoms with Crippen LogP contribution in [0.3, 0.4) is 0 Å². The standard InChI is InChI=1S/C14H12N4O/c15-7-10-8-18-14(9-17-10)19-13-5-1-4-12-11(13)3-2-6-16-12/h1-6,8-9H,7,15H2. The average molecular weight is 252 g/mol. The van der Waals surface area contributed by atoms with Crippen molar-refractivity contribution in [3.63, 3.8) is 0 Å². The lowest BCUT2D eigenvalue weighted by Crippen LogP contribution is -2.00. The van der Waals surface area contributed by atoms with Crippen molar-refractivity contribution in [2.45, 2.75) is 6.54 Å². The normalized spacial score (nSPS) is 10.6. The van der Waals surface area contributed by atoms with Gasteiger partial charge in [0, 0.05) is 18.1 Å². The molecule has 3 aromatic rings. The highest BCUT2D eigenvalue weighted by atomic mass is 16.5. The molecular weight excluding hydrogens is 240 g/mol. The quantitative estimate of drug-likeness (QED) is 0.774. The van der Waals surface area contributed by atoms with Crippen molar-refractivity contribution in [1.82, 2.24) is 15.0 Å². The van der Waals surface area contributed by atoms with Crippen LogP contribution in [0, 0.1) is 0 Å². The molecule has 3 rings (SSSR count). The van der Waals surface area contributed by atoms with Crippen LogP contribution in [0.25, 0.3) is 10.9 Å². The summed E-state index contributed by atoms with van der Waals surface area (Å²) in [6, 6.07) is 9.54. The van der Waals surface area contributed by atoms with E-state index < -0.39 is 0 Å². The van der Waals surface area contributed by atoms with Gasteiger partial charge in [-0.05, 0) is 24.3 Å². The average Bonchev–Trinajstić information content (AvgIpc) is 2.48. The van der Waals surface area contributed by atoms with E-state index in [-0.39, 0.29) is 0 Å². The summed E-state index contributed by atoms with van der Waals surface area (Å²) in [6.07, 6.45) is 4.93. The Morgan fingerprint density at radius 2 is 1.95 bits per heavy atom. The number of fused-ring (bicyclic) bond motifs is 1. The number of ether oxygens (including phenoxy) is 1. The molecule has 1 aromatic carbocycles. The smallest absolute Gasteiger partial charge is 0.237 e. The van der Waals surface area contributed by atoms with Crippen molar-refractivity contribution in [3.8, 4) is 11.6 Å². The van der Waals surface area contributed by atoms with Gasteiger partial charge in [-0.25, -0.2) is 4.98 Å². The molecule has 0 amide bonds. The van der Waals surface area contributed by atoms with E-state index in [0.717, 1.165) is 16.6 Å². The SMILES string of the molecule is NCc1cnc(Oc2cccc3ncccc23)cn1. The zero-order valence-electron chi connectivity index (χ0n) is 10.2. The fourth-order valence-electron chi connectivity index (χ4n) is 1.78. The molecule has 0 aliphatic carbocycles. The number of nitrogens with zero attached hydrogens (tertiary/aromatic N) is 3.